The SMILES string of the molecule is c1ccc(-c2ccc(-c3ccc4c(c3)nc3c5ccccc5c5c6ccccc6ccc5n43)cc2)cc1.c1ccc2c(c1)cc(-c1ccc3c(c1)nc1c4ccccc4c4c5ccccc5c5ccccc5c4n31)c1ccccc12.c1ccc2cc(-c3c4ccccc4c(-c4ccc5ccccc5c4)c4cc(-c5ccc6c(c5)c5ccc7ccccc7c5n5c7ccccc7nc65)ccc34)ccc2c1. The Balaban J connectivity index is 0.000000104. The molecule has 0 amide bonds. The van der Waals surface area contributed by atoms with E-state index in [-0.39, 0.29) is 0 Å². The number of nitrogens with zero attached hydrogens (tertiary/aromatic N) is 6. The van der Waals surface area contributed by atoms with Gasteiger partial charge in [-0.05, 0) is 259 Å². The van der Waals surface area contributed by atoms with Gasteiger partial charge in [0.25, 0.3) is 0 Å². The van der Waals surface area contributed by atoms with E-state index >= 15 is 0 Å². The van der Waals surface area contributed by atoms with Crippen LogP contribution in [-0.2, 0) is 0 Å². The molecule has 0 aliphatic heterocycles. The van der Waals surface area contributed by atoms with Gasteiger partial charge in [-0.15, -0.1) is 0 Å². The van der Waals surface area contributed by atoms with E-state index in [0.717, 1.165) is 55.4 Å². The first-order chi connectivity index (χ1) is 68.9. The summed E-state index contributed by atoms with van der Waals surface area (Å²) < 4.78 is 7.12. The third kappa shape index (κ3) is 12.2. The first-order valence-electron chi connectivity index (χ1n) is 47.8. The van der Waals surface area contributed by atoms with Crippen LogP contribution >= 0.6 is 0 Å². The molecule has 31 aromatic rings. The molecule has 6 nitrogen and oxygen atoms in total. The molecular formula is C133H80N6. The van der Waals surface area contributed by atoms with Crippen molar-refractivity contribution in [2.45, 2.75) is 0 Å². The van der Waals surface area contributed by atoms with Gasteiger partial charge in [-0.25, -0.2) is 15.0 Å². The van der Waals surface area contributed by atoms with E-state index in [1.165, 1.54) is 234 Å². The molecule has 0 fully saturated rings. The Morgan fingerprint density at radius 2 is 0.482 bits per heavy atom. The molecule has 642 valence electrons. The van der Waals surface area contributed by atoms with Crippen molar-refractivity contribution in [3.05, 3.63) is 485 Å². The molecule has 6 heterocycles. The van der Waals surface area contributed by atoms with Gasteiger partial charge >= 0.3 is 0 Å². The predicted octanol–water partition coefficient (Wildman–Crippen LogP) is 35.9. The monoisotopic (exact) mass is 1760 g/mol. The van der Waals surface area contributed by atoms with Gasteiger partial charge in [0.1, 0.15) is 16.9 Å². The van der Waals surface area contributed by atoms with Gasteiger partial charge < -0.3 is 0 Å². The molecular weight excluding hydrogens is 1680 g/mol. The average Bonchev–Trinajstić information content (AvgIpc) is 1.70. The van der Waals surface area contributed by atoms with Gasteiger partial charge in [-0.3, -0.25) is 13.2 Å². The number of hydrogen-bond donors (Lipinski definition) is 0. The van der Waals surface area contributed by atoms with Crippen molar-refractivity contribution in [2.75, 3.05) is 0 Å². The first-order valence-corrected chi connectivity index (χ1v) is 47.8. The van der Waals surface area contributed by atoms with Crippen LogP contribution in [0.25, 0.3) is 290 Å². The van der Waals surface area contributed by atoms with E-state index in [4.69, 9.17) is 15.0 Å². The fourth-order valence-corrected chi connectivity index (χ4v) is 23.2. The van der Waals surface area contributed by atoms with Crippen LogP contribution in [0.2, 0.25) is 0 Å². The van der Waals surface area contributed by atoms with Gasteiger partial charge in [-0.2, -0.15) is 0 Å². The van der Waals surface area contributed by atoms with E-state index in [9.17, 15) is 0 Å². The second-order valence-corrected chi connectivity index (χ2v) is 37.1. The molecule has 0 aliphatic rings. The Hall–Kier alpha value is -18.5. The Morgan fingerprint density at radius 3 is 1.14 bits per heavy atom. The van der Waals surface area contributed by atoms with Crippen molar-refractivity contribution in [1.29, 1.82) is 0 Å². The molecule has 25 aromatic carbocycles. The zero-order valence-electron chi connectivity index (χ0n) is 75.4. The molecule has 6 aromatic heterocycles. The van der Waals surface area contributed by atoms with Gasteiger partial charge in [-0.1, -0.05) is 406 Å². The highest BCUT2D eigenvalue weighted by molar-refractivity contribution is 6.33. The Kier molecular flexibility index (Phi) is 17.4. The van der Waals surface area contributed by atoms with Crippen LogP contribution in [0.15, 0.2) is 485 Å². The maximum Gasteiger partial charge on any atom is 0.146 e. The van der Waals surface area contributed by atoms with Crippen LogP contribution in [0.1, 0.15) is 0 Å². The number of aromatic nitrogens is 6. The van der Waals surface area contributed by atoms with Gasteiger partial charge in [0.05, 0.1) is 49.7 Å². The molecule has 0 spiro atoms. The van der Waals surface area contributed by atoms with Crippen LogP contribution in [0.4, 0.5) is 0 Å². The van der Waals surface area contributed by atoms with E-state index < -0.39 is 0 Å². The van der Waals surface area contributed by atoms with Gasteiger partial charge in [0, 0.05) is 43.1 Å². The Morgan fingerprint density at radius 1 is 0.137 bits per heavy atom. The average molecular weight is 1760 g/mol. The lowest BCUT2D eigenvalue weighted by molar-refractivity contribution is 1.32. The summed E-state index contributed by atoms with van der Waals surface area (Å²) in [4.78, 5) is 15.8. The van der Waals surface area contributed by atoms with Gasteiger partial charge in [0.2, 0.25) is 0 Å². The van der Waals surface area contributed by atoms with Crippen molar-refractivity contribution in [2.24, 2.45) is 0 Å². The summed E-state index contributed by atoms with van der Waals surface area (Å²) in [6, 6.07) is 177. The van der Waals surface area contributed by atoms with Crippen LogP contribution in [0, 0.1) is 0 Å². The minimum Gasteiger partial charge on any atom is -0.292 e. The van der Waals surface area contributed by atoms with Crippen LogP contribution in [0.3, 0.4) is 0 Å². The Labute approximate surface area is 797 Å². The minimum atomic E-state index is 0.986. The minimum absolute atomic E-state index is 0.986. The highest BCUT2D eigenvalue weighted by atomic mass is 15.0. The second kappa shape index (κ2) is 31.0. The summed E-state index contributed by atoms with van der Waals surface area (Å²) in [7, 11) is 0. The topological polar surface area (TPSA) is 51.9 Å². The van der Waals surface area contributed by atoms with E-state index in [1.807, 2.05) is 0 Å². The Bertz CT molecular complexity index is 10700. The summed E-state index contributed by atoms with van der Waals surface area (Å²) in [5, 5.41) is 36.1. The number of imidazole rings is 3. The summed E-state index contributed by atoms with van der Waals surface area (Å²) in [5.74, 6) is 0. The highest BCUT2D eigenvalue weighted by Gasteiger charge is 2.26. The van der Waals surface area contributed by atoms with Crippen molar-refractivity contribution in [3.8, 4) is 66.8 Å². The second-order valence-electron chi connectivity index (χ2n) is 37.1. The largest absolute Gasteiger partial charge is 0.292 e. The summed E-state index contributed by atoms with van der Waals surface area (Å²) >= 11 is 0. The molecule has 0 radical (unpaired) electrons. The quantitative estimate of drug-likeness (QED) is 0.123. The number of fused-ring (bicyclic) bond motifs is 40. The summed E-state index contributed by atoms with van der Waals surface area (Å²) in [6.07, 6.45) is 0. The molecule has 0 saturated carbocycles. The molecule has 0 saturated heterocycles. The zero-order chi connectivity index (χ0) is 91.0. The molecule has 0 bridgehead atoms. The lowest BCUT2D eigenvalue weighted by atomic mass is 9.84. The fourth-order valence-electron chi connectivity index (χ4n) is 23.2. The van der Waals surface area contributed by atoms with Crippen molar-refractivity contribution >= 4 is 223 Å². The van der Waals surface area contributed by atoms with Crippen LogP contribution in [0.5, 0.6) is 0 Å². The molecule has 31 rings (SSSR count). The molecule has 0 N–H and O–H groups in total. The third-order valence-corrected chi connectivity index (χ3v) is 29.5. The zero-order valence-corrected chi connectivity index (χ0v) is 75.4. The maximum absolute atomic E-state index is 5.37. The number of hydrogen-bond acceptors (Lipinski definition) is 3. The fraction of sp³-hybridized carbons (Fsp3) is 0. The van der Waals surface area contributed by atoms with Crippen molar-refractivity contribution < 1.29 is 0 Å². The highest BCUT2D eigenvalue weighted by Crippen LogP contribution is 2.50. The molecule has 139 heavy (non-hydrogen) atoms. The summed E-state index contributed by atoms with van der Waals surface area (Å²) in [6.45, 7) is 0. The van der Waals surface area contributed by atoms with Crippen LogP contribution in [-0.4, -0.2) is 28.2 Å². The molecule has 0 atom stereocenters. The smallest absolute Gasteiger partial charge is 0.146 e. The molecule has 0 aliphatic carbocycles. The summed E-state index contributed by atoms with van der Waals surface area (Å²) in [5.41, 5.74) is 27.6. The van der Waals surface area contributed by atoms with Crippen molar-refractivity contribution in [1.82, 2.24) is 28.2 Å². The number of para-hydroxylation sites is 2. The van der Waals surface area contributed by atoms with E-state index in [2.05, 4.69) is 499 Å². The molecule has 6 heteroatoms. The van der Waals surface area contributed by atoms with Gasteiger partial charge in [0.15, 0.2) is 0 Å². The first kappa shape index (κ1) is 78.0. The van der Waals surface area contributed by atoms with Crippen molar-refractivity contribution in [3.63, 3.8) is 0 Å². The maximum atomic E-state index is 5.37. The lowest BCUT2D eigenvalue weighted by Gasteiger charge is -2.19. The third-order valence-electron chi connectivity index (χ3n) is 29.5. The number of pyridine rings is 3. The standard InChI is InChI=1S/C57H34N2.C41H24N2.C35H22N2/c1-3-14-38-31-42(23-21-35(38)11-1)54-45-17-7-8-18-46(45)55(43-24-22-36-12-2-4-15-39(36)32-43)51-34-41(26-28-47(51)54)40-27-30-49-50(33-40)48-29-25-37-13-5-6-16-44(37)56(48)59-53-20-10-9-19-52(53)58-57(49)59;1-2-12-27-25(11-1)23-36(31-16-4-3-13-28(27)31)26-21-22-38-37(24-26)42-41-35-20-10-8-18-33(35)39-32-17-7-5-14-29(32)30-15-6-9-19-34(30)40(39)43(38)41;1-2-8-23(9-3-1)24-14-16-25(17-15-24)27-19-20-32-31(22-27)36-35-30-13-7-6-12-29(30)34-28-11-5-4-10-26(28)18-21-33(34)37(32)35/h1-34H;1-24H;1-22H. The van der Waals surface area contributed by atoms with E-state index in [0.29, 0.717) is 0 Å². The number of benzene rings is 25. The normalized spacial score (nSPS) is 12.0. The number of rotatable bonds is 6. The molecule has 0 unspecified atom stereocenters. The predicted molar refractivity (Wildman–Crippen MR) is 591 cm³/mol. The van der Waals surface area contributed by atoms with E-state index in [1.54, 1.807) is 0 Å². The lowest BCUT2D eigenvalue weighted by Crippen LogP contribution is -1.94. The van der Waals surface area contributed by atoms with Crippen LogP contribution < -0.4 is 0 Å².